The SMILES string of the molecule is C=CC1(C)CC1(NC(=O)C1CC2(CN1C(=O)C(NC(=O)C(NC(=O)C1CCCCN1C(C)C)C1CCCCC1)C(C)(C)C)C(C1CCC1)C2(C)C)C(=O)NSN(CC)CCC. The van der Waals surface area contributed by atoms with Crippen LogP contribution in [0.3, 0.4) is 0 Å². The Labute approximate surface area is 372 Å². The van der Waals surface area contributed by atoms with E-state index in [0.717, 1.165) is 90.3 Å². The minimum Gasteiger partial charge on any atom is -0.343 e. The van der Waals surface area contributed by atoms with Gasteiger partial charge in [-0.2, -0.15) is 0 Å². The molecule has 12 nitrogen and oxygen atoms in total. The molecule has 0 aromatic heterocycles. The molecule has 4 saturated carbocycles. The van der Waals surface area contributed by atoms with Crippen molar-refractivity contribution in [2.45, 2.75) is 195 Å². The van der Waals surface area contributed by atoms with Crippen LogP contribution in [0.4, 0.5) is 0 Å². The van der Waals surface area contributed by atoms with Gasteiger partial charge in [0.2, 0.25) is 23.6 Å². The molecule has 1 spiro atoms. The van der Waals surface area contributed by atoms with Crippen LogP contribution in [0.5, 0.6) is 0 Å². The van der Waals surface area contributed by atoms with Crippen molar-refractivity contribution in [1.82, 2.24) is 34.8 Å². The van der Waals surface area contributed by atoms with Gasteiger partial charge in [-0.25, -0.2) is 4.31 Å². The van der Waals surface area contributed by atoms with Crippen molar-refractivity contribution in [2.75, 3.05) is 26.2 Å². The highest BCUT2D eigenvalue weighted by Crippen LogP contribution is 2.78. The molecule has 8 atom stereocenters. The van der Waals surface area contributed by atoms with Crippen LogP contribution in [0.1, 0.15) is 159 Å². The van der Waals surface area contributed by atoms with Crippen LogP contribution in [-0.2, 0) is 24.0 Å². The van der Waals surface area contributed by atoms with E-state index in [9.17, 15) is 19.2 Å². The summed E-state index contributed by atoms with van der Waals surface area (Å²) in [4.78, 5) is 77.5. The van der Waals surface area contributed by atoms with Gasteiger partial charge in [0.25, 0.3) is 5.91 Å². The Balaban J connectivity index is 1.28. The molecule has 344 valence electrons. The van der Waals surface area contributed by atoms with Crippen molar-refractivity contribution in [2.24, 2.45) is 39.4 Å². The van der Waals surface area contributed by atoms with E-state index in [0.29, 0.717) is 31.2 Å². The van der Waals surface area contributed by atoms with Gasteiger partial charge in [-0.15, -0.1) is 6.58 Å². The third-order valence-corrected chi connectivity index (χ3v) is 17.5. The fourth-order valence-corrected chi connectivity index (χ4v) is 13.0. The number of hydrogen-bond acceptors (Lipinski definition) is 8. The zero-order chi connectivity index (χ0) is 44.7. The van der Waals surface area contributed by atoms with Crippen molar-refractivity contribution >= 4 is 41.7 Å². The molecule has 13 heteroatoms. The van der Waals surface area contributed by atoms with E-state index in [1.807, 2.05) is 34.6 Å². The predicted octanol–water partition coefficient (Wildman–Crippen LogP) is 6.75. The number of carbonyl (C=O) groups excluding carboxylic acids is 5. The van der Waals surface area contributed by atoms with Crippen molar-refractivity contribution in [3.05, 3.63) is 12.7 Å². The van der Waals surface area contributed by atoms with Gasteiger partial charge in [0.05, 0.1) is 6.04 Å². The summed E-state index contributed by atoms with van der Waals surface area (Å²) in [5, 5.41) is 9.71. The second kappa shape index (κ2) is 18.5. The lowest BCUT2D eigenvalue weighted by atomic mass is 9.78. The Morgan fingerprint density at radius 2 is 1.56 bits per heavy atom. The van der Waals surface area contributed by atoms with Crippen molar-refractivity contribution < 1.29 is 24.0 Å². The van der Waals surface area contributed by atoms with E-state index >= 15 is 4.79 Å². The molecular weight excluding hydrogens is 787 g/mol. The van der Waals surface area contributed by atoms with Crippen molar-refractivity contribution in [1.29, 1.82) is 0 Å². The molecule has 61 heavy (non-hydrogen) atoms. The Kier molecular flexibility index (Phi) is 14.5. The third kappa shape index (κ3) is 9.18. The lowest BCUT2D eigenvalue weighted by Crippen LogP contribution is -2.63. The van der Waals surface area contributed by atoms with E-state index in [-0.39, 0.29) is 58.4 Å². The molecule has 6 rings (SSSR count). The lowest BCUT2D eigenvalue weighted by Gasteiger charge is -2.40. The molecule has 6 aliphatic rings. The Morgan fingerprint density at radius 3 is 2.11 bits per heavy atom. The van der Waals surface area contributed by atoms with Crippen LogP contribution in [0.2, 0.25) is 0 Å². The fourth-order valence-electron chi connectivity index (χ4n) is 12.2. The first-order valence-corrected chi connectivity index (χ1v) is 24.8. The summed E-state index contributed by atoms with van der Waals surface area (Å²) in [6.07, 6.45) is 14.7. The minimum atomic E-state index is -1.20. The average molecular weight is 868 g/mol. The maximum Gasteiger partial charge on any atom is 0.257 e. The molecule has 8 unspecified atom stereocenters. The van der Waals surface area contributed by atoms with E-state index in [2.05, 4.69) is 71.1 Å². The maximum absolute atomic E-state index is 15.4. The molecule has 2 saturated heterocycles. The summed E-state index contributed by atoms with van der Waals surface area (Å²) in [5.41, 5.74) is -2.89. The maximum atomic E-state index is 15.4. The highest BCUT2D eigenvalue weighted by Gasteiger charge is 2.77. The summed E-state index contributed by atoms with van der Waals surface area (Å²) in [7, 11) is 0. The molecule has 0 bridgehead atoms. The number of carbonyl (C=O) groups is 5. The molecule has 6 fully saturated rings. The van der Waals surface area contributed by atoms with E-state index in [4.69, 9.17) is 0 Å². The van der Waals surface area contributed by atoms with E-state index in [1.165, 1.54) is 18.6 Å². The molecule has 5 amide bonds. The van der Waals surface area contributed by atoms with E-state index < -0.39 is 34.5 Å². The van der Waals surface area contributed by atoms with Crippen LogP contribution in [0.15, 0.2) is 12.7 Å². The summed E-state index contributed by atoms with van der Waals surface area (Å²) in [5.74, 6) is -0.405. The normalized spacial score (nSPS) is 32.5. The third-order valence-electron chi connectivity index (χ3n) is 16.5. The Hall–Kier alpha value is -2.64. The van der Waals surface area contributed by atoms with Gasteiger partial charge < -0.3 is 20.9 Å². The van der Waals surface area contributed by atoms with Gasteiger partial charge in [0.1, 0.15) is 23.7 Å². The fraction of sp³-hybridized carbons (Fsp3) is 0.854. The molecule has 4 aliphatic carbocycles. The minimum absolute atomic E-state index is 0.0295. The second-order valence-corrected chi connectivity index (χ2v) is 22.9. The van der Waals surface area contributed by atoms with Crippen molar-refractivity contribution in [3.63, 3.8) is 0 Å². The van der Waals surface area contributed by atoms with Crippen molar-refractivity contribution in [3.8, 4) is 0 Å². The first kappa shape index (κ1) is 47.8. The van der Waals surface area contributed by atoms with Crippen LogP contribution in [0.25, 0.3) is 0 Å². The van der Waals surface area contributed by atoms with Crippen LogP contribution < -0.4 is 20.7 Å². The highest BCUT2D eigenvalue weighted by atomic mass is 32.2. The molecule has 0 radical (unpaired) electrons. The van der Waals surface area contributed by atoms with Gasteiger partial charge in [0, 0.05) is 43.2 Å². The van der Waals surface area contributed by atoms with Gasteiger partial charge in [0.15, 0.2) is 0 Å². The average Bonchev–Trinajstić information content (AvgIpc) is 3.83. The molecule has 2 heterocycles. The number of nitrogens with zero attached hydrogens (tertiary/aromatic N) is 3. The molecular formula is C48H81N7O5S. The predicted molar refractivity (Wildman–Crippen MR) is 244 cm³/mol. The molecule has 0 aromatic rings. The zero-order valence-electron chi connectivity index (χ0n) is 39.4. The van der Waals surface area contributed by atoms with Crippen LogP contribution >= 0.6 is 12.1 Å². The Morgan fingerprint density at radius 1 is 0.885 bits per heavy atom. The number of hydrogen-bond donors (Lipinski definition) is 4. The van der Waals surface area contributed by atoms with Gasteiger partial charge in [-0.1, -0.05) is 106 Å². The largest absolute Gasteiger partial charge is 0.343 e. The number of nitrogens with one attached hydrogen (secondary N) is 4. The van der Waals surface area contributed by atoms with Gasteiger partial charge in [-0.3, -0.25) is 33.6 Å². The number of rotatable bonds is 17. The number of amides is 5. The topological polar surface area (TPSA) is 143 Å². The summed E-state index contributed by atoms with van der Waals surface area (Å²) < 4.78 is 5.12. The van der Waals surface area contributed by atoms with Crippen LogP contribution in [-0.4, -0.2) is 106 Å². The number of piperidine rings is 1. The summed E-state index contributed by atoms with van der Waals surface area (Å²) in [6, 6.07) is -2.62. The van der Waals surface area contributed by atoms with Gasteiger partial charge >= 0.3 is 0 Å². The molecule has 2 aliphatic heterocycles. The quantitative estimate of drug-likeness (QED) is 0.0930. The Bertz CT molecular complexity index is 1660. The molecule has 0 aromatic carbocycles. The highest BCUT2D eigenvalue weighted by molar-refractivity contribution is 7.95. The first-order chi connectivity index (χ1) is 28.7. The zero-order valence-corrected chi connectivity index (χ0v) is 40.2. The summed E-state index contributed by atoms with van der Waals surface area (Å²) in [6.45, 7) is 27.7. The lowest BCUT2D eigenvalue weighted by molar-refractivity contribution is -0.145. The monoisotopic (exact) mass is 868 g/mol. The van der Waals surface area contributed by atoms with Crippen LogP contribution in [0, 0.1) is 39.4 Å². The standard InChI is InChI=1S/C48H81N7O5S/c1-12-26-53(14-3)61-52-43(60)48(29-46(48,11)13-2)51-40(57)35-28-47(37(45(47,9)10)33-23-20-24-33)30-55(35)42(59)38(44(6,7)8)50-41(58)36(32-21-16-15-17-22-32)49-39(56)34-25-18-19-27-54(34)31(4)5/h13,31-38H,2,12,14-30H2,1,3-11H3,(H,49,56)(H,50,58)(H,51,57)(H,52,60). The number of likely N-dealkylation sites (tertiary alicyclic amines) is 2. The first-order valence-electron chi connectivity index (χ1n) is 24.1. The second-order valence-electron chi connectivity index (χ2n) is 22.0. The summed E-state index contributed by atoms with van der Waals surface area (Å²) >= 11 is 1.27. The smallest absolute Gasteiger partial charge is 0.257 e. The molecule has 4 N–H and O–H groups in total. The van der Waals surface area contributed by atoms with E-state index in [1.54, 1.807) is 11.0 Å². The van der Waals surface area contributed by atoms with Gasteiger partial charge in [-0.05, 0) is 99.3 Å².